The van der Waals surface area contributed by atoms with Crippen LogP contribution in [0.25, 0.3) is 0 Å². The van der Waals surface area contributed by atoms with Crippen molar-refractivity contribution in [3.8, 4) is 5.88 Å². The number of benzene rings is 1. The summed E-state index contributed by atoms with van der Waals surface area (Å²) < 4.78 is 7.13. The molecule has 1 saturated heterocycles. The van der Waals surface area contributed by atoms with Gasteiger partial charge in [-0.15, -0.1) is 0 Å². The van der Waals surface area contributed by atoms with Crippen molar-refractivity contribution in [2.45, 2.75) is 12.5 Å². The Hall–Kier alpha value is -1.39. The SMILES string of the molecule is Brc1ccc(OC(c2ccccc2)[C@H]2CCNC2)nc1. The van der Waals surface area contributed by atoms with Crippen molar-refractivity contribution in [3.05, 3.63) is 58.7 Å². The Morgan fingerprint density at radius 3 is 2.70 bits per heavy atom. The van der Waals surface area contributed by atoms with Crippen molar-refractivity contribution in [2.75, 3.05) is 13.1 Å². The van der Waals surface area contributed by atoms with Gasteiger partial charge in [-0.05, 0) is 40.5 Å². The molecule has 2 heterocycles. The minimum Gasteiger partial charge on any atom is -0.469 e. The Bertz CT molecular complexity index is 538. The molecule has 4 heteroatoms. The molecule has 0 spiro atoms. The van der Waals surface area contributed by atoms with Gasteiger partial charge in [0.1, 0.15) is 6.10 Å². The topological polar surface area (TPSA) is 34.1 Å². The zero-order valence-corrected chi connectivity index (χ0v) is 12.7. The number of ether oxygens (including phenoxy) is 1. The first-order chi connectivity index (χ1) is 9.83. The monoisotopic (exact) mass is 332 g/mol. The first kappa shape index (κ1) is 13.6. The van der Waals surface area contributed by atoms with Crippen LogP contribution in [-0.4, -0.2) is 18.1 Å². The number of hydrogen-bond acceptors (Lipinski definition) is 3. The van der Waals surface area contributed by atoms with E-state index in [4.69, 9.17) is 4.74 Å². The fraction of sp³-hybridized carbons (Fsp3) is 0.312. The maximum Gasteiger partial charge on any atom is 0.213 e. The highest BCUT2D eigenvalue weighted by Gasteiger charge is 2.28. The van der Waals surface area contributed by atoms with Crippen molar-refractivity contribution >= 4 is 15.9 Å². The Balaban J connectivity index is 1.83. The molecule has 3 rings (SSSR count). The summed E-state index contributed by atoms with van der Waals surface area (Å²) in [7, 11) is 0. The zero-order chi connectivity index (χ0) is 13.8. The maximum atomic E-state index is 6.17. The van der Waals surface area contributed by atoms with E-state index >= 15 is 0 Å². The van der Waals surface area contributed by atoms with Gasteiger partial charge in [-0.1, -0.05) is 30.3 Å². The number of pyridine rings is 1. The van der Waals surface area contributed by atoms with Crippen LogP contribution in [0.15, 0.2) is 53.1 Å². The van der Waals surface area contributed by atoms with Gasteiger partial charge in [0.15, 0.2) is 0 Å². The molecule has 104 valence electrons. The molecule has 0 aliphatic carbocycles. The third-order valence-electron chi connectivity index (χ3n) is 3.60. The summed E-state index contributed by atoms with van der Waals surface area (Å²) in [6, 6.07) is 14.3. The van der Waals surface area contributed by atoms with Gasteiger partial charge in [0, 0.05) is 29.2 Å². The lowest BCUT2D eigenvalue weighted by molar-refractivity contribution is 0.138. The second-order valence-electron chi connectivity index (χ2n) is 5.02. The molecule has 1 aromatic heterocycles. The number of nitrogens with zero attached hydrogens (tertiary/aromatic N) is 1. The van der Waals surface area contributed by atoms with Gasteiger partial charge in [-0.25, -0.2) is 4.98 Å². The fourth-order valence-corrected chi connectivity index (χ4v) is 2.81. The van der Waals surface area contributed by atoms with Crippen molar-refractivity contribution < 1.29 is 4.74 Å². The summed E-state index contributed by atoms with van der Waals surface area (Å²) in [6.45, 7) is 2.06. The van der Waals surface area contributed by atoms with Gasteiger partial charge in [0.05, 0.1) is 0 Å². The Morgan fingerprint density at radius 2 is 2.05 bits per heavy atom. The van der Waals surface area contributed by atoms with Crippen molar-refractivity contribution in [1.29, 1.82) is 0 Å². The summed E-state index contributed by atoms with van der Waals surface area (Å²) in [5.41, 5.74) is 1.21. The number of hydrogen-bond donors (Lipinski definition) is 1. The van der Waals surface area contributed by atoms with Crippen molar-refractivity contribution in [1.82, 2.24) is 10.3 Å². The molecular formula is C16H17BrN2O. The van der Waals surface area contributed by atoms with E-state index in [1.165, 1.54) is 5.56 Å². The van der Waals surface area contributed by atoms with Crippen LogP contribution in [0.5, 0.6) is 5.88 Å². The van der Waals surface area contributed by atoms with E-state index in [0.29, 0.717) is 11.8 Å². The molecule has 2 aromatic rings. The summed E-state index contributed by atoms with van der Waals surface area (Å²) in [6.07, 6.45) is 2.96. The predicted molar refractivity (Wildman–Crippen MR) is 82.7 cm³/mol. The minimum atomic E-state index is 0.0554. The zero-order valence-electron chi connectivity index (χ0n) is 11.1. The first-order valence-corrected chi connectivity index (χ1v) is 7.66. The lowest BCUT2D eigenvalue weighted by atomic mass is 9.95. The lowest BCUT2D eigenvalue weighted by Crippen LogP contribution is -2.21. The van der Waals surface area contributed by atoms with Gasteiger partial charge in [0.2, 0.25) is 5.88 Å². The molecule has 0 saturated carbocycles. The average molecular weight is 333 g/mol. The minimum absolute atomic E-state index is 0.0554. The Kier molecular flexibility index (Phi) is 4.33. The van der Waals surface area contributed by atoms with E-state index in [0.717, 1.165) is 24.0 Å². The number of aromatic nitrogens is 1. The molecule has 0 bridgehead atoms. The quantitative estimate of drug-likeness (QED) is 0.929. The van der Waals surface area contributed by atoms with Crippen LogP contribution in [0.4, 0.5) is 0 Å². The van der Waals surface area contributed by atoms with Crippen LogP contribution in [0, 0.1) is 5.92 Å². The standard InChI is InChI=1S/C16H17BrN2O/c17-14-6-7-15(19-11-14)20-16(13-8-9-18-10-13)12-4-2-1-3-5-12/h1-7,11,13,16,18H,8-10H2/t13-,16?/m0/s1. The average Bonchev–Trinajstić information content (AvgIpc) is 3.01. The van der Waals surface area contributed by atoms with Crippen molar-refractivity contribution in [3.63, 3.8) is 0 Å². The van der Waals surface area contributed by atoms with Gasteiger partial charge in [-0.3, -0.25) is 0 Å². The van der Waals surface area contributed by atoms with E-state index in [1.807, 2.05) is 18.2 Å². The van der Waals surface area contributed by atoms with Crippen molar-refractivity contribution in [2.24, 2.45) is 5.92 Å². The molecule has 1 fully saturated rings. The van der Waals surface area contributed by atoms with E-state index in [9.17, 15) is 0 Å². The summed E-state index contributed by atoms with van der Waals surface area (Å²) >= 11 is 3.39. The van der Waals surface area contributed by atoms with E-state index < -0.39 is 0 Å². The third-order valence-corrected chi connectivity index (χ3v) is 4.07. The van der Waals surface area contributed by atoms with Crippen LogP contribution >= 0.6 is 15.9 Å². The molecule has 20 heavy (non-hydrogen) atoms. The molecule has 1 aliphatic heterocycles. The molecule has 0 radical (unpaired) electrons. The number of rotatable bonds is 4. The highest BCUT2D eigenvalue weighted by Crippen LogP contribution is 2.31. The second kappa shape index (κ2) is 6.37. The van der Waals surface area contributed by atoms with E-state index in [2.05, 4.69) is 50.5 Å². The third kappa shape index (κ3) is 3.19. The van der Waals surface area contributed by atoms with Gasteiger partial charge in [0.25, 0.3) is 0 Å². The Morgan fingerprint density at radius 1 is 1.20 bits per heavy atom. The van der Waals surface area contributed by atoms with Crippen LogP contribution in [0.3, 0.4) is 0 Å². The lowest BCUT2D eigenvalue weighted by Gasteiger charge is -2.24. The molecule has 0 amide bonds. The largest absolute Gasteiger partial charge is 0.469 e. The molecule has 1 unspecified atom stereocenters. The summed E-state index contributed by atoms with van der Waals surface area (Å²) in [5.74, 6) is 1.16. The van der Waals surface area contributed by atoms with Gasteiger partial charge in [-0.2, -0.15) is 0 Å². The second-order valence-corrected chi connectivity index (χ2v) is 5.93. The number of halogens is 1. The first-order valence-electron chi connectivity index (χ1n) is 6.87. The normalized spacial score (nSPS) is 19.8. The van der Waals surface area contributed by atoms with Crippen LogP contribution in [0.1, 0.15) is 18.1 Å². The summed E-state index contributed by atoms with van der Waals surface area (Å²) in [5, 5.41) is 3.41. The molecule has 1 aliphatic rings. The van der Waals surface area contributed by atoms with Gasteiger partial charge < -0.3 is 10.1 Å². The highest BCUT2D eigenvalue weighted by molar-refractivity contribution is 9.10. The van der Waals surface area contributed by atoms with E-state index in [1.54, 1.807) is 6.20 Å². The molecule has 1 aromatic carbocycles. The molecule has 2 atom stereocenters. The fourth-order valence-electron chi connectivity index (χ4n) is 2.58. The van der Waals surface area contributed by atoms with E-state index in [-0.39, 0.29) is 6.10 Å². The molecular weight excluding hydrogens is 316 g/mol. The highest BCUT2D eigenvalue weighted by atomic mass is 79.9. The maximum absolute atomic E-state index is 6.17. The molecule has 1 N–H and O–H groups in total. The Labute approximate surface area is 127 Å². The molecule has 3 nitrogen and oxygen atoms in total. The number of nitrogens with one attached hydrogen (secondary N) is 1. The van der Waals surface area contributed by atoms with Crippen LogP contribution in [-0.2, 0) is 0 Å². The summed E-state index contributed by atoms with van der Waals surface area (Å²) in [4.78, 5) is 4.33. The van der Waals surface area contributed by atoms with Crippen LogP contribution < -0.4 is 10.1 Å². The smallest absolute Gasteiger partial charge is 0.213 e. The predicted octanol–water partition coefficient (Wildman–Crippen LogP) is 3.57. The van der Waals surface area contributed by atoms with Gasteiger partial charge >= 0.3 is 0 Å². The van der Waals surface area contributed by atoms with Crippen LogP contribution in [0.2, 0.25) is 0 Å².